The maximum atomic E-state index is 12.8. The molecule has 1 atom stereocenters. The standard InChI is InChI=1S/C13H14FN3O/c1-2-17-12(18)8-7-11(16-17)13(15)9-3-5-10(14)6-4-9/h3-8,13H,2,15H2,1H3. The van der Waals surface area contributed by atoms with Gasteiger partial charge in [-0.15, -0.1) is 0 Å². The van der Waals surface area contributed by atoms with Crippen molar-refractivity contribution in [3.05, 3.63) is 63.8 Å². The number of benzene rings is 1. The zero-order valence-corrected chi connectivity index (χ0v) is 10.0. The summed E-state index contributed by atoms with van der Waals surface area (Å²) < 4.78 is 14.2. The molecule has 4 nitrogen and oxygen atoms in total. The van der Waals surface area contributed by atoms with Crippen molar-refractivity contribution in [3.8, 4) is 0 Å². The molecule has 5 heteroatoms. The third kappa shape index (κ3) is 2.46. The minimum atomic E-state index is -0.469. The Hall–Kier alpha value is -2.01. The first-order valence-corrected chi connectivity index (χ1v) is 5.71. The van der Waals surface area contributed by atoms with E-state index in [1.165, 1.54) is 22.9 Å². The van der Waals surface area contributed by atoms with Gasteiger partial charge in [0.25, 0.3) is 5.56 Å². The fourth-order valence-electron chi connectivity index (χ4n) is 1.70. The highest BCUT2D eigenvalue weighted by Gasteiger charge is 2.11. The van der Waals surface area contributed by atoms with Crippen LogP contribution >= 0.6 is 0 Å². The summed E-state index contributed by atoms with van der Waals surface area (Å²) in [7, 11) is 0. The number of halogens is 1. The summed E-state index contributed by atoms with van der Waals surface area (Å²) >= 11 is 0. The van der Waals surface area contributed by atoms with E-state index >= 15 is 0 Å². The van der Waals surface area contributed by atoms with Crippen molar-refractivity contribution < 1.29 is 4.39 Å². The summed E-state index contributed by atoms with van der Waals surface area (Å²) in [6.45, 7) is 2.32. The van der Waals surface area contributed by atoms with E-state index in [0.29, 0.717) is 12.2 Å². The van der Waals surface area contributed by atoms with Gasteiger partial charge in [0.15, 0.2) is 0 Å². The lowest BCUT2D eigenvalue weighted by Gasteiger charge is -2.12. The van der Waals surface area contributed by atoms with Gasteiger partial charge in [0.05, 0.1) is 11.7 Å². The number of nitrogens with zero attached hydrogens (tertiary/aromatic N) is 2. The van der Waals surface area contributed by atoms with Crippen molar-refractivity contribution >= 4 is 0 Å². The highest BCUT2D eigenvalue weighted by Crippen LogP contribution is 2.16. The van der Waals surface area contributed by atoms with Gasteiger partial charge in [-0.2, -0.15) is 5.10 Å². The van der Waals surface area contributed by atoms with Crippen molar-refractivity contribution in [3.63, 3.8) is 0 Å². The number of aromatic nitrogens is 2. The first-order chi connectivity index (χ1) is 8.61. The van der Waals surface area contributed by atoms with Crippen molar-refractivity contribution in [2.45, 2.75) is 19.5 Å². The van der Waals surface area contributed by atoms with Gasteiger partial charge in [0, 0.05) is 12.6 Å². The molecule has 0 saturated heterocycles. The molecule has 1 heterocycles. The van der Waals surface area contributed by atoms with Gasteiger partial charge in [0.1, 0.15) is 5.82 Å². The van der Waals surface area contributed by atoms with E-state index in [1.54, 1.807) is 18.2 Å². The highest BCUT2D eigenvalue weighted by molar-refractivity contribution is 5.26. The Balaban J connectivity index is 2.36. The molecule has 0 spiro atoms. The maximum absolute atomic E-state index is 12.8. The monoisotopic (exact) mass is 247 g/mol. The van der Waals surface area contributed by atoms with E-state index in [-0.39, 0.29) is 11.4 Å². The molecule has 0 aliphatic rings. The Labute approximate surface area is 104 Å². The van der Waals surface area contributed by atoms with Crippen LogP contribution in [-0.4, -0.2) is 9.78 Å². The molecule has 0 radical (unpaired) electrons. The van der Waals surface area contributed by atoms with Gasteiger partial charge in [0.2, 0.25) is 0 Å². The topological polar surface area (TPSA) is 60.9 Å². The fraction of sp³-hybridized carbons (Fsp3) is 0.231. The summed E-state index contributed by atoms with van der Waals surface area (Å²) in [5, 5.41) is 4.17. The predicted molar refractivity (Wildman–Crippen MR) is 66.6 cm³/mol. The molecule has 0 bridgehead atoms. The summed E-state index contributed by atoms with van der Waals surface area (Å²) in [6.07, 6.45) is 0. The van der Waals surface area contributed by atoms with E-state index < -0.39 is 6.04 Å². The Morgan fingerprint density at radius 2 is 1.94 bits per heavy atom. The lowest BCUT2D eigenvalue weighted by molar-refractivity contribution is 0.586. The third-order valence-corrected chi connectivity index (χ3v) is 2.73. The molecule has 1 unspecified atom stereocenters. The molecule has 0 aliphatic carbocycles. The molecule has 18 heavy (non-hydrogen) atoms. The van der Waals surface area contributed by atoms with Crippen LogP contribution in [-0.2, 0) is 6.54 Å². The highest BCUT2D eigenvalue weighted by atomic mass is 19.1. The Morgan fingerprint density at radius 1 is 1.28 bits per heavy atom. The molecular formula is C13H14FN3O. The van der Waals surface area contributed by atoms with Crippen LogP contribution in [0.4, 0.5) is 4.39 Å². The Kier molecular flexibility index (Phi) is 3.53. The maximum Gasteiger partial charge on any atom is 0.266 e. The zero-order chi connectivity index (χ0) is 13.1. The largest absolute Gasteiger partial charge is 0.319 e. The first-order valence-electron chi connectivity index (χ1n) is 5.71. The van der Waals surface area contributed by atoms with Crippen molar-refractivity contribution in [2.75, 3.05) is 0 Å². The summed E-state index contributed by atoms with van der Waals surface area (Å²) in [6, 6.07) is 8.50. The first kappa shape index (κ1) is 12.4. The minimum absolute atomic E-state index is 0.160. The second-order valence-electron chi connectivity index (χ2n) is 3.94. The van der Waals surface area contributed by atoms with Gasteiger partial charge in [-0.1, -0.05) is 12.1 Å². The predicted octanol–water partition coefficient (Wildman–Crippen LogP) is 1.45. The van der Waals surface area contributed by atoms with Crippen LogP contribution in [0.5, 0.6) is 0 Å². The van der Waals surface area contributed by atoms with Crippen molar-refractivity contribution in [2.24, 2.45) is 5.73 Å². The minimum Gasteiger partial charge on any atom is -0.319 e. The zero-order valence-electron chi connectivity index (χ0n) is 10.0. The quantitative estimate of drug-likeness (QED) is 0.893. The van der Waals surface area contributed by atoms with Crippen LogP contribution in [0.3, 0.4) is 0 Å². The van der Waals surface area contributed by atoms with Gasteiger partial charge in [-0.25, -0.2) is 9.07 Å². The summed E-state index contributed by atoms with van der Waals surface area (Å²) in [5.41, 5.74) is 7.22. The van der Waals surface area contributed by atoms with Crippen molar-refractivity contribution in [1.82, 2.24) is 9.78 Å². The second kappa shape index (κ2) is 5.10. The lowest BCUT2D eigenvalue weighted by atomic mass is 10.0. The van der Waals surface area contributed by atoms with Crippen LogP contribution in [0.15, 0.2) is 41.2 Å². The van der Waals surface area contributed by atoms with Crippen LogP contribution in [0.25, 0.3) is 0 Å². The van der Waals surface area contributed by atoms with E-state index in [2.05, 4.69) is 5.10 Å². The van der Waals surface area contributed by atoms with Gasteiger partial charge in [-0.05, 0) is 30.7 Å². The summed E-state index contributed by atoms with van der Waals surface area (Å²) in [4.78, 5) is 11.4. The molecule has 2 N–H and O–H groups in total. The van der Waals surface area contributed by atoms with Crippen molar-refractivity contribution in [1.29, 1.82) is 0 Å². The van der Waals surface area contributed by atoms with Gasteiger partial charge in [-0.3, -0.25) is 4.79 Å². The molecule has 94 valence electrons. The molecule has 1 aromatic carbocycles. The Morgan fingerprint density at radius 3 is 2.56 bits per heavy atom. The average Bonchev–Trinajstić information content (AvgIpc) is 2.39. The van der Waals surface area contributed by atoms with Crippen LogP contribution in [0, 0.1) is 5.82 Å². The smallest absolute Gasteiger partial charge is 0.266 e. The normalized spacial score (nSPS) is 12.4. The van der Waals surface area contributed by atoms with E-state index in [0.717, 1.165) is 5.56 Å². The molecule has 2 rings (SSSR count). The second-order valence-corrected chi connectivity index (χ2v) is 3.94. The number of aryl methyl sites for hydroxylation is 1. The number of hydrogen-bond donors (Lipinski definition) is 1. The molecular weight excluding hydrogens is 233 g/mol. The lowest BCUT2D eigenvalue weighted by Crippen LogP contribution is -2.25. The molecule has 1 aromatic heterocycles. The molecule has 0 fully saturated rings. The number of hydrogen-bond acceptors (Lipinski definition) is 3. The number of nitrogens with two attached hydrogens (primary N) is 1. The fourth-order valence-corrected chi connectivity index (χ4v) is 1.70. The summed E-state index contributed by atoms with van der Waals surface area (Å²) in [5.74, 6) is -0.308. The van der Waals surface area contributed by atoms with E-state index in [4.69, 9.17) is 5.73 Å². The van der Waals surface area contributed by atoms with E-state index in [1.807, 2.05) is 6.92 Å². The number of rotatable bonds is 3. The Bertz CT molecular complexity index is 592. The molecule has 0 aliphatic heterocycles. The van der Waals surface area contributed by atoms with Gasteiger partial charge < -0.3 is 5.73 Å². The van der Waals surface area contributed by atoms with E-state index in [9.17, 15) is 9.18 Å². The molecule has 0 saturated carbocycles. The van der Waals surface area contributed by atoms with Crippen LogP contribution in [0.2, 0.25) is 0 Å². The van der Waals surface area contributed by atoms with Gasteiger partial charge >= 0.3 is 0 Å². The average molecular weight is 247 g/mol. The molecule has 2 aromatic rings. The third-order valence-electron chi connectivity index (χ3n) is 2.73. The van der Waals surface area contributed by atoms with Crippen LogP contribution < -0.4 is 11.3 Å². The molecule has 0 amide bonds. The SMILES string of the molecule is CCn1nc(C(N)c2ccc(F)cc2)ccc1=O. The van der Waals surface area contributed by atoms with Crippen LogP contribution in [0.1, 0.15) is 24.2 Å².